The lowest BCUT2D eigenvalue weighted by Gasteiger charge is -2.35. The second-order valence-corrected chi connectivity index (χ2v) is 18.0. The number of benzene rings is 11. The molecule has 1 aliphatic carbocycles. The molecule has 12 aromatic rings. The Bertz CT molecular complexity index is 3780. The Labute approximate surface area is 402 Å². The van der Waals surface area contributed by atoms with E-state index >= 15 is 0 Å². The van der Waals surface area contributed by atoms with Crippen LogP contribution in [0.2, 0.25) is 0 Å². The minimum absolute atomic E-state index is 0.557. The van der Waals surface area contributed by atoms with Crippen LogP contribution in [0.25, 0.3) is 77.6 Å². The Morgan fingerprint density at radius 1 is 0.275 bits per heavy atom. The molecule has 324 valence electrons. The number of furan rings is 1. The van der Waals surface area contributed by atoms with Gasteiger partial charge in [-0.1, -0.05) is 231 Å². The molecule has 1 atom stereocenters. The van der Waals surface area contributed by atoms with Gasteiger partial charge in [-0.15, -0.1) is 0 Å². The van der Waals surface area contributed by atoms with Crippen molar-refractivity contribution >= 4 is 39.0 Å². The van der Waals surface area contributed by atoms with E-state index in [9.17, 15) is 0 Å². The van der Waals surface area contributed by atoms with Crippen molar-refractivity contribution in [1.82, 2.24) is 0 Å². The molecule has 0 saturated carbocycles. The molecule has 11 aromatic carbocycles. The number of fused-ring (bicyclic) bond motifs is 6. The zero-order chi connectivity index (χ0) is 45.7. The maximum atomic E-state index is 6.47. The summed E-state index contributed by atoms with van der Waals surface area (Å²) in [6, 6.07) is 99.2. The van der Waals surface area contributed by atoms with Crippen LogP contribution >= 0.6 is 0 Å². The van der Waals surface area contributed by atoms with Gasteiger partial charge in [0.05, 0.1) is 5.41 Å². The van der Waals surface area contributed by atoms with E-state index < -0.39 is 5.41 Å². The van der Waals surface area contributed by atoms with Crippen molar-refractivity contribution in [1.29, 1.82) is 0 Å². The van der Waals surface area contributed by atoms with Crippen LogP contribution in [0.3, 0.4) is 0 Å². The molecule has 0 fully saturated rings. The minimum atomic E-state index is -0.557. The van der Waals surface area contributed by atoms with E-state index in [1.54, 1.807) is 0 Å². The van der Waals surface area contributed by atoms with Gasteiger partial charge in [-0.3, -0.25) is 0 Å². The van der Waals surface area contributed by atoms with Gasteiger partial charge in [0.1, 0.15) is 11.2 Å². The molecule has 0 bridgehead atoms. The van der Waals surface area contributed by atoms with Crippen molar-refractivity contribution in [2.75, 3.05) is 4.90 Å². The summed E-state index contributed by atoms with van der Waals surface area (Å²) in [5.74, 6) is 0. The predicted octanol–water partition coefficient (Wildman–Crippen LogP) is 18.1. The quantitative estimate of drug-likeness (QED) is 0.144. The van der Waals surface area contributed by atoms with Gasteiger partial charge in [0, 0.05) is 33.4 Å². The first-order valence-electron chi connectivity index (χ1n) is 23.7. The summed E-state index contributed by atoms with van der Waals surface area (Å²) in [5.41, 5.74) is 21.5. The standard InChI is InChI=1S/C67H45NO/c1-4-16-46(17-5-1)48-30-38-53(39-31-48)67(52-20-8-3-9-21-52)63-28-12-10-22-59(63)61-26-14-24-57(65(61)67)50-34-42-55(43-35-50)68(54-40-32-49(33-41-54)47-18-6-2-7-19-47)56-44-36-51(37-45-56)58-25-15-27-62-60-23-11-13-29-64(60)69-66(58)62/h1-45H. The van der Waals surface area contributed by atoms with Crippen LogP contribution in [0.1, 0.15) is 22.3 Å². The smallest absolute Gasteiger partial charge is 0.143 e. The van der Waals surface area contributed by atoms with Crippen LogP contribution in [0.4, 0.5) is 17.1 Å². The van der Waals surface area contributed by atoms with Gasteiger partial charge in [-0.2, -0.15) is 0 Å². The van der Waals surface area contributed by atoms with Crippen LogP contribution in [0.5, 0.6) is 0 Å². The van der Waals surface area contributed by atoms with Gasteiger partial charge in [0.25, 0.3) is 0 Å². The maximum absolute atomic E-state index is 6.47. The molecule has 0 aliphatic heterocycles. The number of hydrogen-bond acceptors (Lipinski definition) is 2. The Kier molecular flexibility index (Phi) is 9.77. The van der Waals surface area contributed by atoms with E-state index in [0.29, 0.717) is 0 Å². The topological polar surface area (TPSA) is 16.4 Å². The van der Waals surface area contributed by atoms with Crippen LogP contribution in [0.15, 0.2) is 277 Å². The fourth-order valence-corrected chi connectivity index (χ4v) is 11.0. The molecule has 0 amide bonds. The van der Waals surface area contributed by atoms with Gasteiger partial charge in [0.2, 0.25) is 0 Å². The molecule has 1 aromatic heterocycles. The molecule has 1 unspecified atom stereocenters. The third-order valence-corrected chi connectivity index (χ3v) is 14.2. The summed E-state index contributed by atoms with van der Waals surface area (Å²) >= 11 is 0. The van der Waals surface area contributed by atoms with Crippen molar-refractivity contribution in [3.63, 3.8) is 0 Å². The van der Waals surface area contributed by atoms with Gasteiger partial charge in [0.15, 0.2) is 0 Å². The van der Waals surface area contributed by atoms with Gasteiger partial charge in [-0.05, 0) is 115 Å². The summed E-state index contributed by atoms with van der Waals surface area (Å²) in [6.07, 6.45) is 0. The first-order valence-corrected chi connectivity index (χ1v) is 23.7. The number of nitrogens with zero attached hydrogens (tertiary/aromatic N) is 1. The predicted molar refractivity (Wildman–Crippen MR) is 287 cm³/mol. The minimum Gasteiger partial charge on any atom is -0.455 e. The fourth-order valence-electron chi connectivity index (χ4n) is 11.0. The molecular weight excluding hydrogens is 835 g/mol. The fraction of sp³-hybridized carbons (Fsp3) is 0.0149. The number of para-hydroxylation sites is 2. The van der Waals surface area contributed by atoms with E-state index in [2.05, 4.69) is 266 Å². The molecule has 0 saturated heterocycles. The first kappa shape index (κ1) is 40.3. The van der Waals surface area contributed by atoms with Crippen LogP contribution < -0.4 is 4.90 Å². The average Bonchev–Trinajstić information content (AvgIpc) is 3.97. The largest absolute Gasteiger partial charge is 0.455 e. The average molecular weight is 880 g/mol. The molecule has 69 heavy (non-hydrogen) atoms. The van der Waals surface area contributed by atoms with Crippen molar-refractivity contribution < 1.29 is 4.42 Å². The molecule has 0 radical (unpaired) electrons. The number of anilines is 3. The lowest BCUT2D eigenvalue weighted by atomic mass is 9.66. The first-order chi connectivity index (χ1) is 34.2. The molecule has 1 aliphatic rings. The third-order valence-electron chi connectivity index (χ3n) is 14.2. The van der Waals surface area contributed by atoms with E-state index in [4.69, 9.17) is 4.42 Å². The highest BCUT2D eigenvalue weighted by Crippen LogP contribution is 2.59. The van der Waals surface area contributed by atoms with Crippen molar-refractivity contribution in [3.8, 4) is 55.6 Å². The highest BCUT2D eigenvalue weighted by molar-refractivity contribution is 6.09. The summed E-state index contributed by atoms with van der Waals surface area (Å²) in [7, 11) is 0. The Morgan fingerprint density at radius 2 is 0.696 bits per heavy atom. The summed E-state index contributed by atoms with van der Waals surface area (Å²) in [6.45, 7) is 0. The van der Waals surface area contributed by atoms with Crippen molar-refractivity contribution in [2.24, 2.45) is 0 Å². The number of rotatable bonds is 9. The van der Waals surface area contributed by atoms with E-state index in [1.165, 1.54) is 66.8 Å². The van der Waals surface area contributed by atoms with Gasteiger partial charge < -0.3 is 9.32 Å². The lowest BCUT2D eigenvalue weighted by molar-refractivity contribution is 0.670. The summed E-state index contributed by atoms with van der Waals surface area (Å²) < 4.78 is 6.47. The zero-order valence-electron chi connectivity index (χ0n) is 37.8. The van der Waals surface area contributed by atoms with Crippen LogP contribution in [-0.4, -0.2) is 0 Å². The van der Waals surface area contributed by atoms with Crippen molar-refractivity contribution in [2.45, 2.75) is 5.41 Å². The van der Waals surface area contributed by atoms with Crippen molar-refractivity contribution in [3.05, 3.63) is 295 Å². The number of hydrogen-bond donors (Lipinski definition) is 0. The van der Waals surface area contributed by atoms with Gasteiger partial charge in [-0.25, -0.2) is 0 Å². The molecule has 0 N–H and O–H groups in total. The Balaban J connectivity index is 0.937. The molecule has 2 heteroatoms. The van der Waals surface area contributed by atoms with Crippen LogP contribution in [0, 0.1) is 0 Å². The lowest BCUT2D eigenvalue weighted by Crippen LogP contribution is -2.29. The van der Waals surface area contributed by atoms with E-state index in [1.807, 2.05) is 12.1 Å². The highest BCUT2D eigenvalue weighted by Gasteiger charge is 2.47. The normalized spacial score (nSPS) is 13.9. The Morgan fingerprint density at radius 3 is 1.33 bits per heavy atom. The summed E-state index contributed by atoms with van der Waals surface area (Å²) in [5, 5.41) is 2.26. The van der Waals surface area contributed by atoms with Crippen LogP contribution in [-0.2, 0) is 5.41 Å². The second-order valence-electron chi connectivity index (χ2n) is 18.0. The van der Waals surface area contributed by atoms with E-state index in [0.717, 1.165) is 50.1 Å². The molecule has 13 rings (SSSR count). The van der Waals surface area contributed by atoms with Gasteiger partial charge >= 0.3 is 0 Å². The molecule has 0 spiro atoms. The third kappa shape index (κ3) is 6.72. The maximum Gasteiger partial charge on any atom is 0.143 e. The SMILES string of the molecule is c1ccc(-c2ccc(N(c3ccc(-c4cccc5c4C(c4ccccc4)(c4ccc(-c6ccccc6)cc4)c4ccccc4-5)cc3)c3ccc(-c4cccc5c4oc4ccccc45)cc3)cc2)cc1. The summed E-state index contributed by atoms with van der Waals surface area (Å²) in [4.78, 5) is 2.36. The Hall–Kier alpha value is -8.98. The molecular formula is C67H45NO. The monoisotopic (exact) mass is 879 g/mol. The highest BCUT2D eigenvalue weighted by atomic mass is 16.3. The second kappa shape index (κ2) is 16.7. The van der Waals surface area contributed by atoms with E-state index in [-0.39, 0.29) is 0 Å². The molecule has 2 nitrogen and oxygen atoms in total. The molecule has 1 heterocycles. The zero-order valence-corrected chi connectivity index (χ0v) is 37.8.